The van der Waals surface area contributed by atoms with Crippen molar-refractivity contribution in [1.29, 1.82) is 0 Å². The number of nitrogens with zero attached hydrogens (tertiary/aromatic N) is 1. The van der Waals surface area contributed by atoms with E-state index < -0.39 is 18.1 Å². The second kappa shape index (κ2) is 9.93. The maximum absolute atomic E-state index is 13.0. The molecule has 0 aliphatic rings. The van der Waals surface area contributed by atoms with Crippen molar-refractivity contribution in [2.45, 2.75) is 32.4 Å². The van der Waals surface area contributed by atoms with Crippen molar-refractivity contribution in [3.63, 3.8) is 0 Å². The average Bonchev–Trinajstić information content (AvgIpc) is 3.16. The van der Waals surface area contributed by atoms with Crippen molar-refractivity contribution >= 4 is 29.0 Å². The summed E-state index contributed by atoms with van der Waals surface area (Å²) < 4.78 is 4.92. The van der Waals surface area contributed by atoms with E-state index in [-0.39, 0.29) is 24.0 Å². The van der Waals surface area contributed by atoms with E-state index in [1.807, 2.05) is 44.3 Å². The molecule has 0 saturated carbocycles. The lowest BCUT2D eigenvalue weighted by atomic mass is 10.0. The smallest absolute Gasteiger partial charge is 0.328 e. The average molecular weight is 421 g/mol. The molecule has 0 saturated heterocycles. The fraction of sp³-hybridized carbons (Fsp3) is 0.292. The molecule has 7 heteroatoms. The highest BCUT2D eigenvalue weighted by Gasteiger charge is 2.28. The molecule has 0 aliphatic heterocycles. The molecule has 3 rings (SSSR count). The number of hydrogen-bond acceptors (Lipinski definition) is 5. The van der Waals surface area contributed by atoms with Gasteiger partial charge in [-0.1, -0.05) is 44.2 Å². The third-order valence-corrected chi connectivity index (χ3v) is 5.11. The number of nitrogens with one attached hydrogen (secondary N) is 2. The van der Waals surface area contributed by atoms with Gasteiger partial charge >= 0.3 is 5.97 Å². The molecule has 0 aliphatic carbocycles. The van der Waals surface area contributed by atoms with E-state index in [1.165, 1.54) is 13.3 Å². The lowest BCUT2D eigenvalue weighted by molar-refractivity contribution is -0.145. The maximum atomic E-state index is 13.0. The number of aromatic hydroxyl groups is 1. The number of esters is 1. The maximum Gasteiger partial charge on any atom is 0.328 e. The highest BCUT2D eigenvalue weighted by Crippen LogP contribution is 2.20. The van der Waals surface area contributed by atoms with E-state index >= 15 is 0 Å². The van der Waals surface area contributed by atoms with Gasteiger partial charge in [0.05, 0.1) is 7.11 Å². The van der Waals surface area contributed by atoms with Gasteiger partial charge in [0.25, 0.3) is 0 Å². The highest BCUT2D eigenvalue weighted by molar-refractivity contribution is 5.91. The number of phenols is 1. The van der Waals surface area contributed by atoms with Crippen LogP contribution in [0.5, 0.6) is 5.75 Å². The van der Waals surface area contributed by atoms with Crippen LogP contribution < -0.4 is 5.32 Å². The number of carbonyl (C=O) groups is 2. The Balaban J connectivity index is 1.79. The Hall–Kier alpha value is -3.61. The van der Waals surface area contributed by atoms with Gasteiger partial charge in [-0.05, 0) is 29.7 Å². The predicted molar refractivity (Wildman–Crippen MR) is 120 cm³/mol. The first-order valence-electron chi connectivity index (χ1n) is 10.1. The summed E-state index contributed by atoms with van der Waals surface area (Å²) in [6, 6.07) is 12.9. The van der Waals surface area contributed by atoms with Crippen LogP contribution in [0.15, 0.2) is 59.7 Å². The molecule has 31 heavy (non-hydrogen) atoms. The third-order valence-electron chi connectivity index (χ3n) is 5.11. The minimum absolute atomic E-state index is 0.0842. The molecule has 2 atom stereocenters. The first kappa shape index (κ1) is 22.1. The van der Waals surface area contributed by atoms with Gasteiger partial charge in [0, 0.05) is 35.3 Å². The Morgan fingerprint density at radius 1 is 1.16 bits per heavy atom. The van der Waals surface area contributed by atoms with Crippen LogP contribution in [-0.4, -0.2) is 47.4 Å². The van der Waals surface area contributed by atoms with E-state index in [0.29, 0.717) is 5.56 Å². The van der Waals surface area contributed by atoms with E-state index in [9.17, 15) is 14.7 Å². The van der Waals surface area contributed by atoms with Crippen LogP contribution in [-0.2, 0) is 20.7 Å². The SMILES string of the molecule is COC(=O)[C@H](Cc1c[nH]c2ccccc12)NC(=O)[C@@H](N=Cc1ccccc1O)C(C)C. The summed E-state index contributed by atoms with van der Waals surface area (Å²) in [5.74, 6) is -0.933. The quantitative estimate of drug-likeness (QED) is 0.384. The Labute approximate surface area is 181 Å². The molecule has 1 amide bonds. The van der Waals surface area contributed by atoms with Crippen LogP contribution >= 0.6 is 0 Å². The van der Waals surface area contributed by atoms with Crippen molar-refractivity contribution in [2.24, 2.45) is 10.9 Å². The Morgan fingerprint density at radius 2 is 1.87 bits per heavy atom. The Bertz CT molecular complexity index is 1090. The Morgan fingerprint density at radius 3 is 2.58 bits per heavy atom. The first-order valence-corrected chi connectivity index (χ1v) is 10.1. The number of carbonyl (C=O) groups excluding carboxylic acids is 2. The van der Waals surface area contributed by atoms with Crippen molar-refractivity contribution in [3.8, 4) is 5.75 Å². The number of aliphatic imine (C=N–C) groups is 1. The van der Waals surface area contributed by atoms with Crippen molar-refractivity contribution in [3.05, 3.63) is 65.9 Å². The summed E-state index contributed by atoms with van der Waals surface area (Å²) in [5, 5.41) is 13.7. The summed E-state index contributed by atoms with van der Waals surface area (Å²) in [4.78, 5) is 33.0. The molecule has 0 fully saturated rings. The topological polar surface area (TPSA) is 104 Å². The number of phenolic OH excluding ortho intramolecular Hbond substituents is 1. The number of ether oxygens (including phenoxy) is 1. The molecule has 1 heterocycles. The van der Waals surface area contributed by atoms with E-state index in [0.717, 1.165) is 16.5 Å². The van der Waals surface area contributed by atoms with E-state index in [1.54, 1.807) is 24.3 Å². The zero-order valence-electron chi connectivity index (χ0n) is 17.8. The fourth-order valence-corrected chi connectivity index (χ4v) is 3.41. The van der Waals surface area contributed by atoms with Gasteiger partial charge < -0.3 is 20.1 Å². The molecule has 3 N–H and O–H groups in total. The number of hydrogen-bond donors (Lipinski definition) is 3. The number of para-hydroxylation sites is 2. The van der Waals surface area contributed by atoms with Crippen LogP contribution in [0.3, 0.4) is 0 Å². The normalized spacial score (nSPS) is 13.4. The van der Waals surface area contributed by atoms with Crippen LogP contribution in [0.25, 0.3) is 10.9 Å². The number of aromatic amines is 1. The zero-order valence-corrected chi connectivity index (χ0v) is 17.8. The lowest BCUT2D eigenvalue weighted by Crippen LogP contribution is -2.48. The second-order valence-corrected chi connectivity index (χ2v) is 7.67. The summed E-state index contributed by atoms with van der Waals surface area (Å²) in [6.07, 6.45) is 3.60. The standard InChI is InChI=1S/C24H27N3O4/c1-15(2)22(26-13-16-8-4-7-11-21(16)28)23(29)27-20(24(30)31-3)12-17-14-25-19-10-6-5-9-18(17)19/h4-11,13-15,20,22,25,28H,12H2,1-3H3,(H,27,29)/t20-,22-/m0/s1. The number of methoxy groups -OCH3 is 1. The number of H-pyrrole nitrogens is 1. The van der Waals surface area contributed by atoms with Crippen LogP contribution in [0, 0.1) is 5.92 Å². The van der Waals surface area contributed by atoms with E-state index in [2.05, 4.69) is 15.3 Å². The number of rotatable bonds is 8. The third kappa shape index (κ3) is 5.31. The number of fused-ring (bicyclic) bond motifs is 1. The van der Waals surface area contributed by atoms with Gasteiger partial charge in [-0.15, -0.1) is 0 Å². The number of benzene rings is 2. The number of amides is 1. The number of aromatic nitrogens is 1. The molecule has 0 radical (unpaired) electrons. The summed E-state index contributed by atoms with van der Waals surface area (Å²) in [6.45, 7) is 3.75. The highest BCUT2D eigenvalue weighted by atomic mass is 16.5. The van der Waals surface area contributed by atoms with Crippen molar-refractivity contribution in [2.75, 3.05) is 7.11 Å². The summed E-state index contributed by atoms with van der Waals surface area (Å²) >= 11 is 0. The molecule has 0 unspecified atom stereocenters. The molecule has 7 nitrogen and oxygen atoms in total. The first-order chi connectivity index (χ1) is 14.9. The molecular weight excluding hydrogens is 394 g/mol. The molecule has 3 aromatic rings. The molecule has 1 aromatic heterocycles. The molecule has 0 spiro atoms. The minimum atomic E-state index is -0.849. The lowest BCUT2D eigenvalue weighted by Gasteiger charge is -2.21. The van der Waals surface area contributed by atoms with Gasteiger partial charge in [-0.2, -0.15) is 0 Å². The zero-order chi connectivity index (χ0) is 22.4. The van der Waals surface area contributed by atoms with Gasteiger partial charge in [-0.3, -0.25) is 9.79 Å². The molecule has 162 valence electrons. The fourth-order valence-electron chi connectivity index (χ4n) is 3.41. The minimum Gasteiger partial charge on any atom is -0.507 e. The van der Waals surface area contributed by atoms with Crippen LogP contribution in [0.4, 0.5) is 0 Å². The van der Waals surface area contributed by atoms with E-state index in [4.69, 9.17) is 4.74 Å². The molecule has 2 aromatic carbocycles. The van der Waals surface area contributed by atoms with Gasteiger partial charge in [0.15, 0.2) is 0 Å². The summed E-state index contributed by atoms with van der Waals surface area (Å²) in [5.41, 5.74) is 2.38. The van der Waals surface area contributed by atoms with Gasteiger partial charge in [-0.25, -0.2) is 4.79 Å². The summed E-state index contributed by atoms with van der Waals surface area (Å²) in [7, 11) is 1.30. The monoisotopic (exact) mass is 421 g/mol. The van der Waals surface area contributed by atoms with Crippen molar-refractivity contribution < 1.29 is 19.4 Å². The molecular formula is C24H27N3O4. The van der Waals surface area contributed by atoms with Crippen LogP contribution in [0.1, 0.15) is 25.0 Å². The van der Waals surface area contributed by atoms with Gasteiger partial charge in [0.1, 0.15) is 17.8 Å². The largest absolute Gasteiger partial charge is 0.507 e. The second-order valence-electron chi connectivity index (χ2n) is 7.67. The predicted octanol–water partition coefficient (Wildman–Crippen LogP) is 3.22. The molecule has 0 bridgehead atoms. The Kier molecular flexibility index (Phi) is 7.07. The van der Waals surface area contributed by atoms with Crippen molar-refractivity contribution in [1.82, 2.24) is 10.3 Å². The van der Waals surface area contributed by atoms with Crippen LogP contribution in [0.2, 0.25) is 0 Å². The van der Waals surface area contributed by atoms with Gasteiger partial charge in [0.2, 0.25) is 5.91 Å².